The molecule has 174 valence electrons. The molecule has 1 aliphatic heterocycles. The van der Waals surface area contributed by atoms with Gasteiger partial charge >= 0.3 is 12.1 Å². The fraction of sp³-hybridized carbons (Fsp3) is 0.400. The van der Waals surface area contributed by atoms with Gasteiger partial charge < -0.3 is 24.8 Å². The highest BCUT2D eigenvalue weighted by Crippen LogP contribution is 2.44. The third-order valence-corrected chi connectivity index (χ3v) is 6.48. The van der Waals surface area contributed by atoms with Gasteiger partial charge in [0.25, 0.3) is 0 Å². The first-order chi connectivity index (χ1) is 15.9. The zero-order valence-corrected chi connectivity index (χ0v) is 18.7. The van der Waals surface area contributed by atoms with E-state index in [2.05, 4.69) is 5.32 Å². The van der Waals surface area contributed by atoms with Gasteiger partial charge in [0, 0.05) is 18.9 Å². The molecule has 1 fully saturated rings. The highest BCUT2D eigenvalue weighted by molar-refractivity contribution is 5.89. The summed E-state index contributed by atoms with van der Waals surface area (Å²) in [5.41, 5.74) is 4.35. The highest BCUT2D eigenvalue weighted by atomic mass is 16.5. The first-order valence-corrected chi connectivity index (χ1v) is 11.0. The topological polar surface area (TPSA) is 105 Å². The molecule has 4 rings (SSSR count). The van der Waals surface area contributed by atoms with E-state index in [4.69, 9.17) is 9.47 Å². The van der Waals surface area contributed by atoms with Crippen LogP contribution in [-0.2, 0) is 19.1 Å². The normalized spacial score (nSPS) is 19.9. The maximum atomic E-state index is 13.0. The lowest BCUT2D eigenvalue weighted by Crippen LogP contribution is -2.52. The predicted molar refractivity (Wildman–Crippen MR) is 121 cm³/mol. The first-order valence-electron chi connectivity index (χ1n) is 11.0. The van der Waals surface area contributed by atoms with Gasteiger partial charge in [0.1, 0.15) is 12.6 Å². The van der Waals surface area contributed by atoms with Crippen LogP contribution in [0.15, 0.2) is 48.5 Å². The molecule has 1 aliphatic carbocycles. The molecular formula is C25H28N2O6. The van der Waals surface area contributed by atoms with Crippen LogP contribution in [0.1, 0.15) is 30.4 Å². The van der Waals surface area contributed by atoms with Crippen LogP contribution >= 0.6 is 0 Å². The minimum absolute atomic E-state index is 0.0805. The fourth-order valence-corrected chi connectivity index (χ4v) is 4.71. The third kappa shape index (κ3) is 4.71. The number of nitrogens with zero attached hydrogens (tertiary/aromatic N) is 1. The smallest absolute Gasteiger partial charge is 0.407 e. The van der Waals surface area contributed by atoms with Crippen LogP contribution in [-0.4, -0.2) is 66.9 Å². The van der Waals surface area contributed by atoms with E-state index in [1.807, 2.05) is 55.5 Å². The van der Waals surface area contributed by atoms with Gasteiger partial charge in [-0.05, 0) is 22.3 Å². The maximum Gasteiger partial charge on any atom is 0.407 e. The quantitative estimate of drug-likeness (QED) is 0.669. The number of amides is 2. The number of likely N-dealkylation sites (N-methyl/N-ethyl adjacent to an activating group) is 1. The maximum absolute atomic E-state index is 13.0. The van der Waals surface area contributed by atoms with E-state index in [1.165, 1.54) is 4.90 Å². The molecule has 2 aromatic carbocycles. The number of carbonyl (C=O) groups excluding carboxylic acids is 2. The molecular weight excluding hydrogens is 424 g/mol. The molecule has 1 heterocycles. The molecule has 3 unspecified atom stereocenters. The summed E-state index contributed by atoms with van der Waals surface area (Å²) in [6.45, 7) is 2.96. The number of aliphatic carboxylic acids is 1. The van der Waals surface area contributed by atoms with Gasteiger partial charge in [-0.3, -0.25) is 9.59 Å². The molecule has 0 aromatic heterocycles. The second kappa shape index (κ2) is 9.62. The summed E-state index contributed by atoms with van der Waals surface area (Å²) in [6, 6.07) is 14.6. The number of nitrogens with one attached hydrogen (secondary N) is 1. The number of carboxylic acids is 1. The number of hydrogen-bond donors (Lipinski definition) is 2. The standard InChI is InChI=1S/C25H28N2O6/c1-15-12-32-14-22(15)27(2)24(30)21(11-23(28)29)26-25(31)33-13-20-18-9-5-3-7-16(18)17-8-4-6-10-19(17)20/h3-10,15,20-22H,11-14H2,1-2H3,(H,26,31)(H,28,29). The van der Waals surface area contributed by atoms with Crippen molar-refractivity contribution in [2.75, 3.05) is 26.9 Å². The van der Waals surface area contributed by atoms with Gasteiger partial charge in [-0.1, -0.05) is 55.5 Å². The molecule has 3 atom stereocenters. The molecule has 2 N–H and O–H groups in total. The second-order valence-corrected chi connectivity index (χ2v) is 8.65. The molecule has 33 heavy (non-hydrogen) atoms. The van der Waals surface area contributed by atoms with E-state index < -0.39 is 30.4 Å². The second-order valence-electron chi connectivity index (χ2n) is 8.65. The molecule has 8 heteroatoms. The number of ether oxygens (including phenoxy) is 2. The van der Waals surface area contributed by atoms with Crippen molar-refractivity contribution < 1.29 is 29.0 Å². The van der Waals surface area contributed by atoms with Crippen molar-refractivity contribution in [2.45, 2.75) is 31.3 Å². The van der Waals surface area contributed by atoms with Gasteiger partial charge in [0.05, 0.1) is 25.7 Å². The molecule has 0 bridgehead atoms. The molecule has 0 radical (unpaired) electrons. The van der Waals surface area contributed by atoms with Crippen molar-refractivity contribution in [1.82, 2.24) is 10.2 Å². The number of alkyl carbamates (subject to hydrolysis) is 1. The Morgan fingerprint density at radius 2 is 1.70 bits per heavy atom. The van der Waals surface area contributed by atoms with Gasteiger partial charge in [-0.15, -0.1) is 0 Å². The number of rotatable bonds is 7. The minimum atomic E-state index is -1.23. The SMILES string of the molecule is CC1COCC1N(C)C(=O)C(CC(=O)O)NC(=O)OCC1c2ccccc2-c2ccccc21. The van der Waals surface area contributed by atoms with Crippen molar-refractivity contribution >= 4 is 18.0 Å². The fourth-order valence-electron chi connectivity index (χ4n) is 4.71. The van der Waals surface area contributed by atoms with Gasteiger partial charge in [-0.25, -0.2) is 4.79 Å². The van der Waals surface area contributed by atoms with Crippen LogP contribution in [0.4, 0.5) is 4.79 Å². The summed E-state index contributed by atoms with van der Waals surface area (Å²) in [5, 5.41) is 11.7. The Bertz CT molecular complexity index is 1010. The summed E-state index contributed by atoms with van der Waals surface area (Å²) in [5.74, 6) is -1.67. The van der Waals surface area contributed by atoms with Crippen LogP contribution in [0.3, 0.4) is 0 Å². The zero-order valence-electron chi connectivity index (χ0n) is 18.7. The molecule has 1 saturated heterocycles. The molecule has 2 aliphatic rings. The van der Waals surface area contributed by atoms with Crippen LogP contribution in [0.25, 0.3) is 11.1 Å². The molecule has 8 nitrogen and oxygen atoms in total. The van der Waals surface area contributed by atoms with Crippen molar-refractivity contribution in [3.05, 3.63) is 59.7 Å². The lowest BCUT2D eigenvalue weighted by Gasteiger charge is -2.30. The van der Waals surface area contributed by atoms with Crippen molar-refractivity contribution in [3.8, 4) is 11.1 Å². The van der Waals surface area contributed by atoms with Crippen molar-refractivity contribution in [3.63, 3.8) is 0 Å². The Hall–Kier alpha value is -3.39. The Labute approximate surface area is 192 Å². The van der Waals surface area contributed by atoms with Crippen LogP contribution < -0.4 is 5.32 Å². The number of carboxylic acid groups (broad SMARTS) is 1. The summed E-state index contributed by atoms with van der Waals surface area (Å²) in [6.07, 6.45) is -1.35. The van der Waals surface area contributed by atoms with E-state index in [9.17, 15) is 19.5 Å². The molecule has 2 aromatic rings. The first kappa shape index (κ1) is 22.8. The van der Waals surface area contributed by atoms with E-state index >= 15 is 0 Å². The Balaban J connectivity index is 1.43. The predicted octanol–water partition coefficient (Wildman–Crippen LogP) is 2.86. The molecule has 0 saturated carbocycles. The van der Waals surface area contributed by atoms with Crippen LogP contribution in [0.5, 0.6) is 0 Å². The van der Waals surface area contributed by atoms with E-state index in [0.29, 0.717) is 13.2 Å². The van der Waals surface area contributed by atoms with Crippen molar-refractivity contribution in [1.29, 1.82) is 0 Å². The summed E-state index contributed by atoms with van der Waals surface area (Å²) < 4.78 is 10.9. The summed E-state index contributed by atoms with van der Waals surface area (Å²) >= 11 is 0. The number of benzene rings is 2. The van der Waals surface area contributed by atoms with E-state index in [0.717, 1.165) is 22.3 Å². The number of hydrogen-bond acceptors (Lipinski definition) is 5. The van der Waals surface area contributed by atoms with Crippen LogP contribution in [0, 0.1) is 5.92 Å². The largest absolute Gasteiger partial charge is 0.481 e. The lowest BCUT2D eigenvalue weighted by molar-refractivity contribution is -0.143. The van der Waals surface area contributed by atoms with Gasteiger partial charge in [0.2, 0.25) is 5.91 Å². The number of carbonyl (C=O) groups is 3. The number of fused-ring (bicyclic) bond motifs is 3. The zero-order chi connectivity index (χ0) is 23.5. The average molecular weight is 453 g/mol. The van der Waals surface area contributed by atoms with Crippen molar-refractivity contribution in [2.24, 2.45) is 5.92 Å². The monoisotopic (exact) mass is 452 g/mol. The molecule has 0 spiro atoms. The molecule has 2 amide bonds. The third-order valence-electron chi connectivity index (χ3n) is 6.48. The summed E-state index contributed by atoms with van der Waals surface area (Å²) in [7, 11) is 1.60. The Morgan fingerprint density at radius 3 is 2.24 bits per heavy atom. The summed E-state index contributed by atoms with van der Waals surface area (Å²) in [4.78, 5) is 38.4. The Kier molecular flexibility index (Phi) is 6.65. The lowest BCUT2D eigenvalue weighted by atomic mass is 9.98. The van der Waals surface area contributed by atoms with Gasteiger partial charge in [-0.2, -0.15) is 0 Å². The van der Waals surface area contributed by atoms with Gasteiger partial charge in [0.15, 0.2) is 0 Å². The Morgan fingerprint density at radius 1 is 1.09 bits per heavy atom. The average Bonchev–Trinajstić information content (AvgIpc) is 3.37. The minimum Gasteiger partial charge on any atom is -0.481 e. The van der Waals surface area contributed by atoms with E-state index in [1.54, 1.807) is 7.05 Å². The van der Waals surface area contributed by atoms with E-state index in [-0.39, 0.29) is 24.5 Å². The van der Waals surface area contributed by atoms with Crippen LogP contribution in [0.2, 0.25) is 0 Å². The highest BCUT2D eigenvalue weighted by Gasteiger charge is 2.36.